The molecular weight excluding hydrogens is 344 g/mol. The van der Waals surface area contributed by atoms with Crippen molar-refractivity contribution in [2.75, 3.05) is 6.61 Å². The summed E-state index contributed by atoms with van der Waals surface area (Å²) in [6.07, 6.45) is 5.21. The molecule has 0 amide bonds. The average Bonchev–Trinajstić information content (AvgIpc) is 2.91. The van der Waals surface area contributed by atoms with E-state index in [0.29, 0.717) is 19.3 Å². The molecule has 5 nitrogen and oxygen atoms in total. The normalized spacial score (nSPS) is 37.9. The molecule has 0 aromatic rings. The van der Waals surface area contributed by atoms with Crippen molar-refractivity contribution in [3.8, 4) is 0 Å². The maximum atomic E-state index is 11.5. The Balaban J connectivity index is 2.45. The summed E-state index contributed by atoms with van der Waals surface area (Å²) in [7, 11) is 0. The van der Waals surface area contributed by atoms with Crippen LogP contribution in [0.2, 0.25) is 0 Å². The van der Waals surface area contributed by atoms with Gasteiger partial charge in [-0.2, -0.15) is 0 Å². The number of aliphatic hydroxyl groups is 3. The topological polar surface area (TPSA) is 87.0 Å². The summed E-state index contributed by atoms with van der Waals surface area (Å²) in [5, 5.41) is 32.3. The zero-order chi connectivity index (χ0) is 20.4. The van der Waals surface area contributed by atoms with Gasteiger partial charge in [0.25, 0.3) is 0 Å². The smallest absolute Gasteiger partial charge is 0.303 e. The van der Waals surface area contributed by atoms with Gasteiger partial charge in [0, 0.05) is 19.3 Å². The van der Waals surface area contributed by atoms with Crippen LogP contribution < -0.4 is 0 Å². The Kier molecular flexibility index (Phi) is 7.28. The molecule has 0 spiro atoms. The molecule has 2 aliphatic carbocycles. The highest BCUT2D eigenvalue weighted by Gasteiger charge is 2.53. The molecular formula is C22H36O5. The monoisotopic (exact) mass is 380 g/mol. The lowest BCUT2D eigenvalue weighted by atomic mass is 9.71. The molecule has 6 unspecified atom stereocenters. The van der Waals surface area contributed by atoms with Gasteiger partial charge in [0.1, 0.15) is 6.10 Å². The standard InChI is InChI=1S/C22H36O5/c1-13(2)22(26)7-6-19-15(4)10-17(12-23)11-18(27-16(5)24)8-14(3)9-20(25)21(19)22/h8,10,13,15,18-21,23,25-26H,6-7,9,11-12H2,1-5H3. The molecule has 0 aromatic carbocycles. The molecule has 1 saturated carbocycles. The summed E-state index contributed by atoms with van der Waals surface area (Å²) in [5.74, 6) is -0.282. The van der Waals surface area contributed by atoms with E-state index in [2.05, 4.69) is 6.92 Å². The van der Waals surface area contributed by atoms with Crippen LogP contribution in [0.5, 0.6) is 0 Å². The molecule has 0 aromatic heterocycles. The lowest BCUT2D eigenvalue weighted by molar-refractivity contribution is -0.144. The minimum Gasteiger partial charge on any atom is -0.458 e. The first-order chi connectivity index (χ1) is 12.6. The van der Waals surface area contributed by atoms with E-state index in [1.54, 1.807) is 0 Å². The van der Waals surface area contributed by atoms with Crippen LogP contribution in [0.4, 0.5) is 0 Å². The maximum absolute atomic E-state index is 11.5. The maximum Gasteiger partial charge on any atom is 0.303 e. The molecule has 27 heavy (non-hydrogen) atoms. The van der Waals surface area contributed by atoms with E-state index < -0.39 is 17.8 Å². The number of hydrogen-bond donors (Lipinski definition) is 3. The first kappa shape index (κ1) is 22.1. The highest BCUT2D eigenvalue weighted by Crippen LogP contribution is 2.50. The van der Waals surface area contributed by atoms with Gasteiger partial charge in [-0.15, -0.1) is 0 Å². The molecule has 2 rings (SSSR count). The average molecular weight is 381 g/mol. The molecule has 154 valence electrons. The lowest BCUT2D eigenvalue weighted by Crippen LogP contribution is -2.47. The number of rotatable bonds is 3. The second-order valence-electron chi connectivity index (χ2n) is 8.85. The van der Waals surface area contributed by atoms with Crippen LogP contribution in [0.25, 0.3) is 0 Å². The van der Waals surface area contributed by atoms with Crippen LogP contribution >= 0.6 is 0 Å². The van der Waals surface area contributed by atoms with Gasteiger partial charge in [-0.25, -0.2) is 0 Å². The van der Waals surface area contributed by atoms with Crippen LogP contribution in [0, 0.1) is 23.7 Å². The second-order valence-corrected chi connectivity index (χ2v) is 8.85. The molecule has 0 bridgehead atoms. The van der Waals surface area contributed by atoms with E-state index in [4.69, 9.17) is 4.74 Å². The summed E-state index contributed by atoms with van der Waals surface area (Å²) < 4.78 is 5.41. The number of hydrogen-bond acceptors (Lipinski definition) is 5. The van der Waals surface area contributed by atoms with Crippen LogP contribution in [0.3, 0.4) is 0 Å². The van der Waals surface area contributed by atoms with Gasteiger partial charge in [0.15, 0.2) is 0 Å². The third-order valence-electron chi connectivity index (χ3n) is 6.49. The summed E-state index contributed by atoms with van der Waals surface area (Å²) >= 11 is 0. The highest BCUT2D eigenvalue weighted by atomic mass is 16.5. The largest absolute Gasteiger partial charge is 0.458 e. The first-order valence-electron chi connectivity index (χ1n) is 10.1. The summed E-state index contributed by atoms with van der Waals surface area (Å²) in [4.78, 5) is 11.5. The van der Waals surface area contributed by atoms with Gasteiger partial charge in [0.2, 0.25) is 0 Å². The summed E-state index contributed by atoms with van der Waals surface area (Å²) in [5.41, 5.74) is 0.861. The number of aliphatic hydroxyl groups excluding tert-OH is 2. The fourth-order valence-electron chi connectivity index (χ4n) is 5.13. The Labute approximate surface area is 163 Å². The van der Waals surface area contributed by atoms with E-state index in [1.165, 1.54) is 6.92 Å². The Hall–Kier alpha value is -1.17. The van der Waals surface area contributed by atoms with Gasteiger partial charge in [-0.3, -0.25) is 4.79 Å². The highest BCUT2D eigenvalue weighted by molar-refractivity contribution is 5.66. The third kappa shape index (κ3) is 5.01. The van der Waals surface area contributed by atoms with Crippen LogP contribution in [0.15, 0.2) is 23.3 Å². The molecule has 0 saturated heterocycles. The second kappa shape index (κ2) is 8.89. The van der Waals surface area contributed by atoms with Gasteiger partial charge in [-0.05, 0) is 55.6 Å². The fraction of sp³-hybridized carbons (Fsp3) is 0.773. The van der Waals surface area contributed by atoms with Crippen molar-refractivity contribution in [3.05, 3.63) is 23.3 Å². The molecule has 5 heteroatoms. The molecule has 0 heterocycles. The molecule has 3 N–H and O–H groups in total. The van der Waals surface area contributed by atoms with Crippen LogP contribution in [0.1, 0.15) is 60.3 Å². The van der Waals surface area contributed by atoms with Crippen molar-refractivity contribution >= 4 is 5.97 Å². The Morgan fingerprint density at radius 1 is 1.33 bits per heavy atom. The number of fused-ring (bicyclic) bond motifs is 1. The van der Waals surface area contributed by atoms with E-state index >= 15 is 0 Å². The van der Waals surface area contributed by atoms with Crippen molar-refractivity contribution in [2.45, 2.75) is 78.1 Å². The minimum atomic E-state index is -0.894. The number of ether oxygens (including phenoxy) is 1. The van der Waals surface area contributed by atoms with E-state index in [1.807, 2.05) is 32.9 Å². The summed E-state index contributed by atoms with van der Waals surface area (Å²) in [6, 6.07) is 0. The van der Waals surface area contributed by atoms with E-state index in [-0.39, 0.29) is 36.2 Å². The summed E-state index contributed by atoms with van der Waals surface area (Å²) in [6.45, 7) is 9.32. The zero-order valence-electron chi connectivity index (χ0n) is 17.3. The van der Waals surface area contributed by atoms with Crippen molar-refractivity contribution in [1.29, 1.82) is 0 Å². The SMILES string of the molecule is CC(=O)OC1C=C(C)CC(O)C2C(CCC2(O)C(C)C)C(C)C=C(CO)C1. The predicted molar refractivity (Wildman–Crippen MR) is 105 cm³/mol. The number of carbonyl (C=O) groups excluding carboxylic acids is 1. The quantitative estimate of drug-likeness (QED) is 0.518. The van der Waals surface area contributed by atoms with Crippen molar-refractivity contribution in [1.82, 2.24) is 0 Å². The van der Waals surface area contributed by atoms with E-state index in [0.717, 1.165) is 17.6 Å². The molecule has 1 fully saturated rings. The lowest BCUT2D eigenvalue weighted by Gasteiger charge is -2.40. The number of esters is 1. The molecule has 0 radical (unpaired) electrons. The van der Waals surface area contributed by atoms with E-state index in [9.17, 15) is 20.1 Å². The van der Waals surface area contributed by atoms with Crippen molar-refractivity contribution < 1.29 is 24.9 Å². The van der Waals surface area contributed by atoms with Crippen molar-refractivity contribution in [3.63, 3.8) is 0 Å². The zero-order valence-corrected chi connectivity index (χ0v) is 17.3. The molecule has 2 aliphatic rings. The van der Waals surface area contributed by atoms with Gasteiger partial charge in [0.05, 0.1) is 18.3 Å². The van der Waals surface area contributed by atoms with Crippen LogP contribution in [-0.2, 0) is 9.53 Å². The van der Waals surface area contributed by atoms with Gasteiger partial charge >= 0.3 is 5.97 Å². The molecule has 6 atom stereocenters. The predicted octanol–water partition coefficient (Wildman–Crippen LogP) is 2.99. The Morgan fingerprint density at radius 3 is 2.56 bits per heavy atom. The van der Waals surface area contributed by atoms with Gasteiger partial charge in [-0.1, -0.05) is 32.4 Å². The fourth-order valence-corrected chi connectivity index (χ4v) is 5.13. The Morgan fingerprint density at radius 2 is 2.00 bits per heavy atom. The first-order valence-corrected chi connectivity index (χ1v) is 10.1. The Bertz CT molecular complexity index is 594. The van der Waals surface area contributed by atoms with Crippen LogP contribution in [-0.4, -0.2) is 45.7 Å². The minimum absolute atomic E-state index is 0.0545. The number of carbonyl (C=O) groups is 1. The van der Waals surface area contributed by atoms with Crippen molar-refractivity contribution in [2.24, 2.45) is 23.7 Å². The van der Waals surface area contributed by atoms with Gasteiger partial charge < -0.3 is 20.1 Å². The number of allylic oxidation sites excluding steroid dienone is 1. The molecule has 0 aliphatic heterocycles. The third-order valence-corrected chi connectivity index (χ3v) is 6.49.